The largest absolute Gasteiger partial charge is 0.353 e. The third-order valence-corrected chi connectivity index (χ3v) is 6.52. The molecule has 6 heteroatoms. The zero-order chi connectivity index (χ0) is 17.1. The monoisotopic (exact) mass is 363 g/mol. The maximum absolute atomic E-state index is 12.2. The lowest BCUT2D eigenvalue weighted by molar-refractivity contribution is -0.119. The summed E-state index contributed by atoms with van der Waals surface area (Å²) in [7, 11) is 0. The first-order chi connectivity index (χ1) is 11.6. The van der Waals surface area contributed by atoms with Crippen molar-refractivity contribution in [2.24, 2.45) is 0 Å². The molecule has 0 spiro atoms. The lowest BCUT2D eigenvalue weighted by Gasteiger charge is -2.13. The topological polar surface area (TPSA) is 54.9 Å². The number of hydrogen-bond donors (Lipinski definition) is 1. The molecule has 2 aromatic rings. The highest BCUT2D eigenvalue weighted by Gasteiger charge is 2.21. The zero-order valence-corrected chi connectivity index (χ0v) is 16.3. The maximum atomic E-state index is 12.2. The Kier molecular flexibility index (Phi) is 5.76. The van der Waals surface area contributed by atoms with Crippen molar-refractivity contribution in [2.45, 2.75) is 70.4 Å². The summed E-state index contributed by atoms with van der Waals surface area (Å²) in [5, 5.41) is 5.26. The van der Waals surface area contributed by atoms with Crippen LogP contribution in [0.15, 0.2) is 5.03 Å². The maximum Gasteiger partial charge on any atom is 0.230 e. The van der Waals surface area contributed by atoms with E-state index in [2.05, 4.69) is 29.1 Å². The predicted molar refractivity (Wildman–Crippen MR) is 102 cm³/mol. The average molecular weight is 364 g/mol. The van der Waals surface area contributed by atoms with Crippen LogP contribution in [0.25, 0.3) is 10.2 Å². The Bertz CT molecular complexity index is 741. The number of nitrogens with one attached hydrogen (secondary N) is 1. The van der Waals surface area contributed by atoms with Gasteiger partial charge >= 0.3 is 0 Å². The molecule has 0 aliphatic heterocycles. The van der Waals surface area contributed by atoms with Gasteiger partial charge in [-0.3, -0.25) is 4.79 Å². The second kappa shape index (κ2) is 7.83. The van der Waals surface area contributed by atoms with E-state index in [1.54, 1.807) is 11.8 Å². The Balaban J connectivity index is 1.79. The number of nitrogens with zero attached hydrogens (tertiary/aromatic N) is 2. The molecule has 4 nitrogen and oxygen atoms in total. The van der Waals surface area contributed by atoms with Gasteiger partial charge in [0.15, 0.2) is 0 Å². The fourth-order valence-corrected chi connectivity index (χ4v) is 5.57. The lowest BCUT2D eigenvalue weighted by atomic mass is 9.97. The molecule has 1 aliphatic rings. The molecule has 2 heterocycles. The molecule has 1 N–H and O–H groups in total. The molecule has 0 unspecified atom stereocenters. The Labute approximate surface area is 151 Å². The van der Waals surface area contributed by atoms with Crippen LogP contribution in [0, 0.1) is 6.92 Å². The minimum absolute atomic E-state index is 0.0921. The summed E-state index contributed by atoms with van der Waals surface area (Å²) in [6.45, 7) is 6.14. The van der Waals surface area contributed by atoms with Crippen molar-refractivity contribution in [1.82, 2.24) is 15.3 Å². The number of aryl methyl sites for hydroxylation is 3. The van der Waals surface area contributed by atoms with Crippen LogP contribution >= 0.6 is 23.1 Å². The Morgan fingerprint density at radius 1 is 1.33 bits per heavy atom. The SMILES string of the molecule is CCC[C@H](C)NC(=O)CSc1nc(C)nc2sc3c(c12)CCCC3. The first-order valence-corrected chi connectivity index (χ1v) is 10.6. The number of thioether (sulfide) groups is 1. The van der Waals surface area contributed by atoms with Crippen LogP contribution in [0.5, 0.6) is 0 Å². The van der Waals surface area contributed by atoms with Crippen LogP contribution in [0.4, 0.5) is 0 Å². The Morgan fingerprint density at radius 3 is 2.92 bits per heavy atom. The summed E-state index contributed by atoms with van der Waals surface area (Å²) >= 11 is 3.37. The summed E-state index contributed by atoms with van der Waals surface area (Å²) in [4.78, 5) is 24.0. The fourth-order valence-electron chi connectivity index (χ4n) is 3.29. The van der Waals surface area contributed by atoms with Gasteiger partial charge < -0.3 is 5.32 Å². The highest BCUT2D eigenvalue weighted by atomic mass is 32.2. The molecule has 0 aromatic carbocycles. The summed E-state index contributed by atoms with van der Waals surface area (Å²) in [6, 6.07) is 0.240. The van der Waals surface area contributed by atoms with E-state index in [4.69, 9.17) is 0 Å². The normalized spacial score (nSPS) is 15.3. The number of carbonyl (C=O) groups is 1. The van der Waals surface area contributed by atoms with E-state index in [0.29, 0.717) is 5.75 Å². The molecule has 24 heavy (non-hydrogen) atoms. The molecule has 1 amide bonds. The van der Waals surface area contributed by atoms with Crippen LogP contribution in [-0.4, -0.2) is 27.7 Å². The third-order valence-electron chi connectivity index (χ3n) is 4.36. The number of hydrogen-bond acceptors (Lipinski definition) is 5. The molecule has 0 radical (unpaired) electrons. The van der Waals surface area contributed by atoms with Gasteiger partial charge in [-0.15, -0.1) is 11.3 Å². The van der Waals surface area contributed by atoms with Gasteiger partial charge in [0.05, 0.1) is 5.75 Å². The number of aromatic nitrogens is 2. The smallest absolute Gasteiger partial charge is 0.230 e. The third kappa shape index (κ3) is 3.91. The number of carbonyl (C=O) groups excluding carboxylic acids is 1. The second-order valence-corrected chi connectivity index (χ2v) is 8.56. The Hall–Kier alpha value is -1.14. The number of amides is 1. The van der Waals surface area contributed by atoms with E-state index in [1.165, 1.54) is 28.7 Å². The molecule has 0 bridgehead atoms. The molecule has 0 saturated heterocycles. The van der Waals surface area contributed by atoms with Gasteiger partial charge in [0.2, 0.25) is 5.91 Å². The molecule has 0 saturated carbocycles. The van der Waals surface area contributed by atoms with E-state index < -0.39 is 0 Å². The van der Waals surface area contributed by atoms with Crippen LogP contribution in [-0.2, 0) is 17.6 Å². The van der Waals surface area contributed by atoms with Gasteiger partial charge in [-0.2, -0.15) is 0 Å². The minimum atomic E-state index is 0.0921. The van der Waals surface area contributed by atoms with E-state index in [1.807, 2.05) is 18.3 Å². The summed E-state index contributed by atoms with van der Waals surface area (Å²) in [6.07, 6.45) is 6.90. The van der Waals surface area contributed by atoms with E-state index >= 15 is 0 Å². The van der Waals surface area contributed by atoms with Crippen molar-refractivity contribution in [3.63, 3.8) is 0 Å². The first-order valence-electron chi connectivity index (χ1n) is 8.79. The average Bonchev–Trinajstić information content (AvgIpc) is 2.90. The molecule has 0 fully saturated rings. The number of fused-ring (bicyclic) bond motifs is 3. The van der Waals surface area contributed by atoms with Crippen molar-refractivity contribution >= 4 is 39.2 Å². The quantitative estimate of drug-likeness (QED) is 0.615. The standard InChI is InChI=1S/C18H25N3OS2/c1-4-7-11(2)19-15(22)10-23-17-16-13-8-5-6-9-14(13)24-18(16)21-12(3)20-17/h11H,4-10H2,1-3H3,(H,19,22)/t11-/m0/s1. The zero-order valence-electron chi connectivity index (χ0n) is 14.6. The van der Waals surface area contributed by atoms with Crippen LogP contribution < -0.4 is 5.32 Å². The van der Waals surface area contributed by atoms with Crippen molar-refractivity contribution in [2.75, 3.05) is 5.75 Å². The molecule has 130 valence electrons. The summed E-state index contributed by atoms with van der Waals surface area (Å²) in [5.74, 6) is 1.31. The molecule has 2 aromatic heterocycles. The highest BCUT2D eigenvalue weighted by molar-refractivity contribution is 8.00. The van der Waals surface area contributed by atoms with E-state index in [9.17, 15) is 4.79 Å². The summed E-state index contributed by atoms with van der Waals surface area (Å²) < 4.78 is 0. The summed E-state index contributed by atoms with van der Waals surface area (Å²) in [5.41, 5.74) is 1.43. The van der Waals surface area contributed by atoms with Gasteiger partial charge in [0.1, 0.15) is 15.7 Å². The molecule has 1 aliphatic carbocycles. The molecular weight excluding hydrogens is 338 g/mol. The Morgan fingerprint density at radius 2 is 2.12 bits per heavy atom. The molecule has 3 rings (SSSR count). The predicted octanol–water partition coefficient (Wildman–Crippen LogP) is 4.28. The van der Waals surface area contributed by atoms with Crippen molar-refractivity contribution < 1.29 is 4.79 Å². The highest BCUT2D eigenvalue weighted by Crippen LogP contribution is 2.39. The van der Waals surface area contributed by atoms with Gasteiger partial charge in [-0.1, -0.05) is 25.1 Å². The fraction of sp³-hybridized carbons (Fsp3) is 0.611. The van der Waals surface area contributed by atoms with E-state index in [0.717, 1.165) is 41.4 Å². The van der Waals surface area contributed by atoms with E-state index in [-0.39, 0.29) is 11.9 Å². The van der Waals surface area contributed by atoms with Crippen molar-refractivity contribution in [3.8, 4) is 0 Å². The van der Waals surface area contributed by atoms with Gasteiger partial charge in [0.25, 0.3) is 0 Å². The van der Waals surface area contributed by atoms with Crippen LogP contribution in [0.1, 0.15) is 55.8 Å². The van der Waals surface area contributed by atoms with Crippen LogP contribution in [0.3, 0.4) is 0 Å². The van der Waals surface area contributed by atoms with Gasteiger partial charge in [-0.25, -0.2) is 9.97 Å². The minimum Gasteiger partial charge on any atom is -0.353 e. The number of thiophene rings is 1. The lowest BCUT2D eigenvalue weighted by Crippen LogP contribution is -2.33. The first kappa shape index (κ1) is 17.7. The number of rotatable bonds is 6. The van der Waals surface area contributed by atoms with Crippen molar-refractivity contribution in [1.29, 1.82) is 0 Å². The van der Waals surface area contributed by atoms with Gasteiger partial charge in [-0.05, 0) is 51.5 Å². The van der Waals surface area contributed by atoms with Crippen molar-refractivity contribution in [3.05, 3.63) is 16.3 Å². The molecular formula is C18H25N3OS2. The van der Waals surface area contributed by atoms with Gasteiger partial charge in [0, 0.05) is 16.3 Å². The second-order valence-electron chi connectivity index (χ2n) is 6.51. The van der Waals surface area contributed by atoms with Crippen LogP contribution in [0.2, 0.25) is 0 Å². The molecule has 1 atom stereocenters.